The minimum absolute atomic E-state index is 0.208. The first-order valence-corrected chi connectivity index (χ1v) is 11.4. The fourth-order valence-corrected chi connectivity index (χ4v) is 4.59. The Bertz CT molecular complexity index is 1410. The number of halogens is 1. The van der Waals surface area contributed by atoms with E-state index in [0.717, 1.165) is 4.88 Å². The van der Waals surface area contributed by atoms with Crippen LogP contribution in [0.25, 0.3) is 11.3 Å². The lowest BCUT2D eigenvalue weighted by Crippen LogP contribution is -2.22. The van der Waals surface area contributed by atoms with Crippen LogP contribution in [0.3, 0.4) is 0 Å². The number of carbonyl (C=O) groups excluding carboxylic acids is 1. The maximum Gasteiger partial charge on any atom is 0.283 e. The molecule has 5 rings (SSSR count). The van der Waals surface area contributed by atoms with Crippen LogP contribution >= 0.6 is 22.9 Å². The lowest BCUT2D eigenvalue weighted by molar-refractivity contribution is 0.0936. The van der Waals surface area contributed by atoms with Gasteiger partial charge in [-0.25, -0.2) is 0 Å². The van der Waals surface area contributed by atoms with Crippen molar-refractivity contribution in [2.24, 2.45) is 7.05 Å². The van der Waals surface area contributed by atoms with Crippen LogP contribution in [-0.2, 0) is 13.6 Å². The van der Waals surface area contributed by atoms with Crippen LogP contribution in [0, 0.1) is 0 Å². The second kappa shape index (κ2) is 8.76. The summed E-state index contributed by atoms with van der Waals surface area (Å²) in [6, 6.07) is 14.0. The van der Waals surface area contributed by atoms with E-state index in [4.69, 9.17) is 21.1 Å². The van der Waals surface area contributed by atoms with Gasteiger partial charge in [-0.05, 0) is 36.4 Å². The number of ether oxygens (including phenoxy) is 2. The van der Waals surface area contributed by atoms with Gasteiger partial charge in [0, 0.05) is 24.2 Å². The number of benzene rings is 1. The van der Waals surface area contributed by atoms with Crippen LogP contribution < -0.4 is 20.3 Å². The number of pyridine rings is 1. The lowest BCUT2D eigenvalue weighted by Gasteiger charge is -2.20. The van der Waals surface area contributed by atoms with Gasteiger partial charge in [0.15, 0.2) is 11.5 Å². The van der Waals surface area contributed by atoms with Crippen molar-refractivity contribution in [3.8, 4) is 22.8 Å². The third-order valence-corrected chi connectivity index (χ3v) is 6.40. The van der Waals surface area contributed by atoms with Gasteiger partial charge < -0.3 is 19.4 Å². The maximum atomic E-state index is 13.6. The van der Waals surface area contributed by atoms with Crippen LogP contribution in [-0.4, -0.2) is 33.5 Å². The predicted octanol–water partition coefficient (Wildman–Crippen LogP) is 4.04. The summed E-state index contributed by atoms with van der Waals surface area (Å²) >= 11 is 7.49. The van der Waals surface area contributed by atoms with Crippen molar-refractivity contribution in [3.63, 3.8) is 0 Å². The number of nitrogens with zero attached hydrogens (tertiary/aromatic N) is 3. The third-order valence-electron chi connectivity index (χ3n) is 5.17. The number of hydrogen-bond acceptors (Lipinski definition) is 7. The quantitative estimate of drug-likeness (QED) is 0.462. The van der Waals surface area contributed by atoms with Crippen molar-refractivity contribution in [2.45, 2.75) is 6.54 Å². The molecular weight excluding hydrogens is 464 g/mol. The molecule has 1 N–H and O–H groups in total. The second-order valence-electron chi connectivity index (χ2n) is 7.36. The molecule has 168 valence electrons. The molecule has 0 bridgehead atoms. The highest BCUT2D eigenvalue weighted by Crippen LogP contribution is 2.35. The van der Waals surface area contributed by atoms with Crippen molar-refractivity contribution < 1.29 is 14.3 Å². The van der Waals surface area contributed by atoms with Crippen LogP contribution in [0.5, 0.6) is 11.5 Å². The first-order valence-electron chi connectivity index (χ1n) is 10.2. The summed E-state index contributed by atoms with van der Waals surface area (Å²) in [6.45, 7) is 1.21. The van der Waals surface area contributed by atoms with Crippen LogP contribution in [0.1, 0.15) is 15.2 Å². The van der Waals surface area contributed by atoms with Gasteiger partial charge in [-0.3, -0.25) is 9.59 Å². The van der Waals surface area contributed by atoms with Gasteiger partial charge in [-0.2, -0.15) is 9.78 Å². The Kier molecular flexibility index (Phi) is 5.65. The van der Waals surface area contributed by atoms with Crippen LogP contribution in [0.2, 0.25) is 4.34 Å². The molecule has 0 atom stereocenters. The number of anilines is 1. The first kappa shape index (κ1) is 21.3. The van der Waals surface area contributed by atoms with Crippen molar-refractivity contribution in [1.29, 1.82) is 0 Å². The number of fused-ring (bicyclic) bond motifs is 1. The number of carbonyl (C=O) groups is 1. The minimum atomic E-state index is -0.400. The number of rotatable bonds is 5. The average Bonchev–Trinajstić information content (AvgIpc) is 3.44. The van der Waals surface area contributed by atoms with E-state index < -0.39 is 5.91 Å². The van der Waals surface area contributed by atoms with E-state index in [-0.39, 0.29) is 5.56 Å². The predicted molar refractivity (Wildman–Crippen MR) is 127 cm³/mol. The van der Waals surface area contributed by atoms with Crippen LogP contribution in [0.4, 0.5) is 5.82 Å². The molecule has 4 heterocycles. The number of para-hydroxylation sites is 1. The van der Waals surface area contributed by atoms with Crippen molar-refractivity contribution in [2.75, 3.05) is 18.5 Å². The van der Waals surface area contributed by atoms with E-state index in [1.165, 1.54) is 20.6 Å². The van der Waals surface area contributed by atoms with Gasteiger partial charge in [0.25, 0.3) is 11.5 Å². The van der Waals surface area contributed by atoms with Gasteiger partial charge in [0.1, 0.15) is 24.7 Å². The Labute approximate surface area is 198 Å². The molecule has 0 saturated carbocycles. The molecule has 0 amide bonds. The molecule has 0 unspecified atom stereocenters. The van der Waals surface area contributed by atoms with E-state index >= 15 is 0 Å². The summed E-state index contributed by atoms with van der Waals surface area (Å²) in [6.07, 6.45) is 1.67. The summed E-state index contributed by atoms with van der Waals surface area (Å²) in [5.74, 6) is 0.944. The van der Waals surface area contributed by atoms with Gasteiger partial charge in [0.2, 0.25) is 0 Å². The monoisotopic (exact) mass is 482 g/mol. The molecule has 3 aromatic heterocycles. The topological polar surface area (TPSA) is 87.4 Å². The first-order chi connectivity index (χ1) is 16.0. The molecule has 0 aliphatic carbocycles. The molecule has 4 aromatic rings. The number of thiophene rings is 1. The maximum absolute atomic E-state index is 13.6. The van der Waals surface area contributed by atoms with Crippen LogP contribution in [0.15, 0.2) is 59.5 Å². The van der Waals surface area contributed by atoms with E-state index in [1.807, 2.05) is 12.1 Å². The van der Waals surface area contributed by atoms with Gasteiger partial charge >= 0.3 is 0 Å². The molecule has 1 aliphatic rings. The van der Waals surface area contributed by atoms with Gasteiger partial charge in [-0.1, -0.05) is 17.7 Å². The molecule has 0 saturated heterocycles. The highest BCUT2D eigenvalue weighted by Gasteiger charge is 2.25. The third kappa shape index (κ3) is 4.12. The average molecular weight is 483 g/mol. The van der Waals surface area contributed by atoms with E-state index in [9.17, 15) is 9.59 Å². The Morgan fingerprint density at radius 3 is 2.85 bits per heavy atom. The second-order valence-corrected chi connectivity index (χ2v) is 9.16. The largest absolute Gasteiger partial charge is 0.486 e. The molecule has 0 fully saturated rings. The summed E-state index contributed by atoms with van der Waals surface area (Å²) in [7, 11) is 1.67. The normalized spacial score (nSPS) is 12.5. The highest BCUT2D eigenvalue weighted by molar-refractivity contribution is 7.16. The zero-order chi connectivity index (χ0) is 22.9. The summed E-state index contributed by atoms with van der Waals surface area (Å²) in [5, 5.41) is 7.75. The summed E-state index contributed by atoms with van der Waals surface area (Å²) < 4.78 is 14.7. The number of hydrogen-bond donors (Lipinski definition) is 1. The number of aromatic nitrogens is 3. The summed E-state index contributed by atoms with van der Waals surface area (Å²) in [4.78, 5) is 27.2. The van der Waals surface area contributed by atoms with Gasteiger partial charge in [0.05, 0.1) is 22.0 Å². The standard InChI is InChI=1S/C23H19ClN4O4S/c1-27-9-3-5-15(22(27)29)17-12-20(25-13-14-7-8-19(24)33-14)28(26-17)23(30)16-4-2-6-18-21(16)32-11-10-31-18/h2-9,12,25H,10-11,13H2,1H3. The fraction of sp³-hybridized carbons (Fsp3) is 0.174. The zero-order valence-electron chi connectivity index (χ0n) is 17.6. The number of nitrogens with one attached hydrogen (secondary N) is 1. The molecule has 1 aromatic carbocycles. The lowest BCUT2D eigenvalue weighted by atomic mass is 10.1. The van der Waals surface area contributed by atoms with Gasteiger partial charge in [-0.15, -0.1) is 11.3 Å². The Morgan fingerprint density at radius 1 is 1.18 bits per heavy atom. The SMILES string of the molecule is Cn1cccc(-c2cc(NCc3ccc(Cl)s3)n(C(=O)c3cccc4c3OCCO4)n2)c1=O. The molecule has 10 heteroatoms. The zero-order valence-corrected chi connectivity index (χ0v) is 19.2. The number of aryl methyl sites for hydroxylation is 1. The minimum Gasteiger partial charge on any atom is -0.486 e. The fourth-order valence-electron chi connectivity index (χ4n) is 3.57. The van der Waals surface area contributed by atoms with Crippen molar-refractivity contribution in [1.82, 2.24) is 14.3 Å². The smallest absolute Gasteiger partial charge is 0.283 e. The Hall–Kier alpha value is -3.56. The molecule has 33 heavy (non-hydrogen) atoms. The Morgan fingerprint density at radius 2 is 2.03 bits per heavy atom. The molecular formula is C23H19ClN4O4S. The van der Waals surface area contributed by atoms with Crippen molar-refractivity contribution in [3.05, 3.63) is 79.9 Å². The molecule has 1 aliphatic heterocycles. The van der Waals surface area contributed by atoms with E-state index in [2.05, 4.69) is 10.4 Å². The molecule has 0 spiro atoms. The molecule has 0 radical (unpaired) electrons. The van der Waals surface area contributed by atoms with Crippen molar-refractivity contribution >= 4 is 34.7 Å². The van der Waals surface area contributed by atoms with E-state index in [1.54, 1.807) is 49.6 Å². The Balaban J connectivity index is 1.57. The highest BCUT2D eigenvalue weighted by atomic mass is 35.5. The summed E-state index contributed by atoms with van der Waals surface area (Å²) in [5.41, 5.74) is 0.895. The molecule has 8 nitrogen and oxygen atoms in total. The van der Waals surface area contributed by atoms with E-state index in [0.29, 0.717) is 58.2 Å².